The molecule has 66 valence electrons. The lowest BCUT2D eigenvalue weighted by Crippen LogP contribution is -1.87. The largest absolute Gasteiger partial charge is 0.224 e. The van der Waals surface area contributed by atoms with Crippen molar-refractivity contribution in [2.24, 2.45) is 0 Å². The third kappa shape index (κ3) is 1.59. The Balaban J connectivity index is 2.94. The van der Waals surface area contributed by atoms with Crippen molar-refractivity contribution in [2.75, 3.05) is 0 Å². The first-order valence-electron chi connectivity index (χ1n) is 3.49. The van der Waals surface area contributed by atoms with Crippen molar-refractivity contribution in [1.29, 1.82) is 0 Å². The van der Waals surface area contributed by atoms with Gasteiger partial charge < -0.3 is 0 Å². The number of benzene rings is 1. The van der Waals surface area contributed by atoms with Gasteiger partial charge in [-0.1, -0.05) is 17.7 Å². The molecule has 1 aromatic heterocycles. The second kappa shape index (κ2) is 3.33. The van der Waals surface area contributed by atoms with Crippen LogP contribution in [0.25, 0.3) is 10.9 Å². The van der Waals surface area contributed by atoms with Crippen LogP contribution in [0.4, 0.5) is 0 Å². The summed E-state index contributed by atoms with van der Waals surface area (Å²) in [7, 11) is 0. The van der Waals surface area contributed by atoms with Crippen LogP contribution in [0.15, 0.2) is 23.1 Å². The molecule has 0 N–H and O–H groups in total. The predicted molar refractivity (Wildman–Crippen MR) is 56.8 cm³/mol. The molecule has 0 atom stereocenters. The normalized spacial score (nSPS) is 10.7. The summed E-state index contributed by atoms with van der Waals surface area (Å²) in [5.74, 6) is 0. The van der Waals surface area contributed by atoms with Gasteiger partial charge in [0.15, 0.2) is 0 Å². The second-order valence-electron chi connectivity index (χ2n) is 2.45. The van der Waals surface area contributed by atoms with E-state index in [1.165, 1.54) is 0 Å². The van der Waals surface area contributed by atoms with E-state index < -0.39 is 0 Å². The highest BCUT2D eigenvalue weighted by Gasteiger charge is 2.06. The smallest absolute Gasteiger partial charge is 0.218 e. The molecule has 0 saturated heterocycles. The van der Waals surface area contributed by atoms with Crippen molar-refractivity contribution in [3.8, 4) is 0 Å². The Morgan fingerprint density at radius 3 is 2.69 bits per heavy atom. The molecule has 2 nitrogen and oxygen atoms in total. The minimum atomic E-state index is 0.149. The predicted octanol–water partition coefficient (Wildman–Crippen LogP) is 3.23. The monoisotopic (exact) mass is 230 g/mol. The highest BCUT2D eigenvalue weighted by molar-refractivity contribution is 7.80. The highest BCUT2D eigenvalue weighted by atomic mass is 35.5. The van der Waals surface area contributed by atoms with Gasteiger partial charge >= 0.3 is 0 Å². The van der Waals surface area contributed by atoms with Gasteiger partial charge in [0, 0.05) is 4.90 Å². The van der Waals surface area contributed by atoms with Crippen molar-refractivity contribution in [3.63, 3.8) is 0 Å². The topological polar surface area (TPSA) is 25.8 Å². The fourth-order valence-corrected chi connectivity index (χ4v) is 1.96. The standard InChI is InChI=1S/C8H4Cl2N2S/c9-7-6-4(11-8(10)12-7)2-1-3-5(6)13/h1-3,13H. The molecule has 1 heterocycles. The summed E-state index contributed by atoms with van der Waals surface area (Å²) in [5, 5.41) is 1.22. The van der Waals surface area contributed by atoms with Crippen LogP contribution in [0.5, 0.6) is 0 Å². The summed E-state index contributed by atoms with van der Waals surface area (Å²) in [4.78, 5) is 8.60. The van der Waals surface area contributed by atoms with Gasteiger partial charge in [-0.25, -0.2) is 9.97 Å². The first-order chi connectivity index (χ1) is 6.18. The fourth-order valence-electron chi connectivity index (χ4n) is 1.09. The minimum absolute atomic E-state index is 0.149. The van der Waals surface area contributed by atoms with E-state index in [4.69, 9.17) is 23.2 Å². The number of hydrogen-bond acceptors (Lipinski definition) is 3. The number of thiol groups is 1. The zero-order chi connectivity index (χ0) is 9.42. The lowest BCUT2D eigenvalue weighted by atomic mass is 10.2. The Labute approximate surface area is 90.3 Å². The lowest BCUT2D eigenvalue weighted by molar-refractivity contribution is 1.21. The molecular weight excluding hydrogens is 227 g/mol. The molecule has 0 spiro atoms. The maximum Gasteiger partial charge on any atom is 0.224 e. The first-order valence-corrected chi connectivity index (χ1v) is 4.69. The van der Waals surface area contributed by atoms with Crippen molar-refractivity contribution in [3.05, 3.63) is 28.6 Å². The zero-order valence-corrected chi connectivity index (χ0v) is 8.74. The second-order valence-corrected chi connectivity index (χ2v) is 3.63. The molecule has 1 aromatic carbocycles. The number of rotatable bonds is 0. The minimum Gasteiger partial charge on any atom is -0.218 e. The molecular formula is C8H4Cl2N2S. The number of aromatic nitrogens is 2. The summed E-state index contributed by atoms with van der Waals surface area (Å²) in [5.41, 5.74) is 0.706. The number of halogens is 2. The molecule has 0 aliphatic carbocycles. The van der Waals surface area contributed by atoms with Crippen molar-refractivity contribution in [1.82, 2.24) is 9.97 Å². The van der Waals surface area contributed by atoms with Gasteiger partial charge in [0.2, 0.25) is 5.28 Å². The Morgan fingerprint density at radius 2 is 1.92 bits per heavy atom. The molecule has 5 heteroatoms. The van der Waals surface area contributed by atoms with Crippen LogP contribution >= 0.6 is 35.8 Å². The molecule has 0 aliphatic rings. The van der Waals surface area contributed by atoms with E-state index >= 15 is 0 Å². The molecule has 0 fully saturated rings. The number of hydrogen-bond donors (Lipinski definition) is 1. The zero-order valence-electron chi connectivity index (χ0n) is 6.33. The molecule has 0 aliphatic heterocycles. The van der Waals surface area contributed by atoms with E-state index in [0.717, 1.165) is 10.3 Å². The van der Waals surface area contributed by atoms with Crippen LogP contribution in [0, 0.1) is 0 Å². The third-order valence-electron chi connectivity index (χ3n) is 1.63. The van der Waals surface area contributed by atoms with Crippen LogP contribution in [-0.4, -0.2) is 9.97 Å². The van der Waals surface area contributed by atoms with Crippen LogP contribution in [0.2, 0.25) is 10.4 Å². The van der Waals surface area contributed by atoms with Crippen molar-refractivity contribution >= 4 is 46.7 Å². The van der Waals surface area contributed by atoms with E-state index in [1.807, 2.05) is 18.2 Å². The molecule has 0 bridgehead atoms. The van der Waals surface area contributed by atoms with Gasteiger partial charge in [-0.2, -0.15) is 0 Å². The Hall–Kier alpha value is -0.510. The molecule has 2 aromatic rings. The number of nitrogens with zero attached hydrogens (tertiary/aromatic N) is 2. The van der Waals surface area contributed by atoms with E-state index in [0.29, 0.717) is 10.7 Å². The summed E-state index contributed by atoms with van der Waals surface area (Å²) < 4.78 is 0. The molecule has 0 unspecified atom stereocenters. The molecule has 0 amide bonds. The summed E-state index contributed by atoms with van der Waals surface area (Å²) in [6, 6.07) is 5.48. The maximum absolute atomic E-state index is 5.88. The van der Waals surface area contributed by atoms with Crippen molar-refractivity contribution < 1.29 is 0 Å². The van der Waals surface area contributed by atoms with Crippen LogP contribution in [0.1, 0.15) is 0 Å². The third-order valence-corrected chi connectivity index (χ3v) is 2.45. The van der Waals surface area contributed by atoms with Crippen LogP contribution in [0.3, 0.4) is 0 Å². The van der Waals surface area contributed by atoms with Crippen LogP contribution in [-0.2, 0) is 0 Å². The molecule has 0 saturated carbocycles. The van der Waals surface area contributed by atoms with Gasteiger partial charge in [-0.05, 0) is 23.7 Å². The first kappa shape index (κ1) is 9.06. The van der Waals surface area contributed by atoms with E-state index in [9.17, 15) is 0 Å². The van der Waals surface area contributed by atoms with Crippen molar-refractivity contribution in [2.45, 2.75) is 4.90 Å². The van der Waals surface area contributed by atoms with Gasteiger partial charge in [0.25, 0.3) is 0 Å². The molecule has 2 rings (SSSR count). The summed E-state index contributed by atoms with van der Waals surface area (Å²) in [6.45, 7) is 0. The Morgan fingerprint density at radius 1 is 1.15 bits per heavy atom. The summed E-state index contributed by atoms with van der Waals surface area (Å²) >= 11 is 15.8. The lowest BCUT2D eigenvalue weighted by Gasteiger charge is -2.01. The van der Waals surface area contributed by atoms with Gasteiger partial charge in [-0.3, -0.25) is 0 Å². The number of fused-ring (bicyclic) bond motifs is 1. The Bertz CT molecular complexity index is 473. The highest BCUT2D eigenvalue weighted by Crippen LogP contribution is 2.27. The van der Waals surface area contributed by atoms with Gasteiger partial charge in [0.05, 0.1) is 10.9 Å². The van der Waals surface area contributed by atoms with Gasteiger partial charge in [-0.15, -0.1) is 12.6 Å². The van der Waals surface area contributed by atoms with Gasteiger partial charge in [0.1, 0.15) is 5.15 Å². The molecule has 13 heavy (non-hydrogen) atoms. The maximum atomic E-state index is 5.88. The Kier molecular flexibility index (Phi) is 2.32. The average molecular weight is 231 g/mol. The van der Waals surface area contributed by atoms with E-state index in [-0.39, 0.29) is 5.28 Å². The quantitative estimate of drug-likeness (QED) is 0.428. The van der Waals surface area contributed by atoms with Crippen LogP contribution < -0.4 is 0 Å². The average Bonchev–Trinajstić information content (AvgIpc) is 2.02. The SMILES string of the molecule is Sc1cccc2nc(Cl)nc(Cl)c12. The van der Waals surface area contributed by atoms with E-state index in [2.05, 4.69) is 22.6 Å². The van der Waals surface area contributed by atoms with E-state index in [1.54, 1.807) is 0 Å². The summed E-state index contributed by atoms with van der Waals surface area (Å²) in [6.07, 6.45) is 0. The molecule has 0 radical (unpaired) electrons. The fraction of sp³-hybridized carbons (Fsp3) is 0.